The van der Waals surface area contributed by atoms with Crippen LogP contribution in [0.1, 0.15) is 91.7 Å². The van der Waals surface area contributed by atoms with Crippen molar-refractivity contribution in [1.29, 1.82) is 0 Å². The van der Waals surface area contributed by atoms with Crippen LogP contribution in [0, 0.1) is 10.8 Å². The molecule has 0 unspecified atom stereocenters. The smallest absolute Gasteiger partial charge is 0.433 e. The number of pyridine rings is 1. The zero-order valence-electron chi connectivity index (χ0n) is 21.7. The Morgan fingerprint density at radius 3 is 2.10 bits per heavy atom. The summed E-state index contributed by atoms with van der Waals surface area (Å²) in [6, 6.07) is -1.22. The highest BCUT2D eigenvalue weighted by molar-refractivity contribution is 6.39. The molecule has 2 aliphatic carbocycles. The quantitative estimate of drug-likeness (QED) is 0.379. The van der Waals surface area contributed by atoms with E-state index in [1.807, 2.05) is 13.8 Å². The van der Waals surface area contributed by atoms with Gasteiger partial charge in [-0.05, 0) is 50.9 Å². The number of Topliss-reactive ketones (excluding diaryl/α,β-unsaturated/α-hetero) is 1. The lowest BCUT2D eigenvalue weighted by molar-refractivity contribution is -0.152. The molecule has 0 saturated heterocycles. The normalized spacial score (nSPS) is 24.6. The second kappa shape index (κ2) is 10.4. The molecular formula is C26H29Cl2F3N4O4. The standard InChI is InChI=1S/C26H29Cl2F3N4O4/c1-24(2)7-6-19(24)34(13-18(36)20-16(27)11-32-12-17(20)28)22(37)15-10-33-35(21(15)26(29,30)31)14-4-8-25(3,9-5-14)23(38)39/h10-12,14,19H,4-9,13H2,1-3H3,(H,38,39)/t14?,19-,25?/m1/s1. The number of nitrogens with zero attached hydrogens (tertiary/aromatic N) is 4. The number of carbonyl (C=O) groups excluding carboxylic acids is 2. The molecule has 0 radical (unpaired) electrons. The van der Waals surface area contributed by atoms with Gasteiger partial charge in [-0.1, -0.05) is 37.0 Å². The molecule has 8 nitrogen and oxygen atoms in total. The van der Waals surface area contributed by atoms with E-state index in [0.29, 0.717) is 6.42 Å². The first-order chi connectivity index (χ1) is 18.1. The third-order valence-electron chi connectivity index (χ3n) is 8.26. The van der Waals surface area contributed by atoms with E-state index in [1.165, 1.54) is 12.4 Å². The van der Waals surface area contributed by atoms with Crippen LogP contribution >= 0.6 is 23.2 Å². The van der Waals surface area contributed by atoms with Crippen molar-refractivity contribution < 1.29 is 32.7 Å². The molecule has 13 heteroatoms. The van der Waals surface area contributed by atoms with Gasteiger partial charge in [-0.3, -0.25) is 24.0 Å². The Hall–Kier alpha value is -2.66. The average molecular weight is 589 g/mol. The molecule has 2 saturated carbocycles. The van der Waals surface area contributed by atoms with E-state index in [4.69, 9.17) is 23.2 Å². The van der Waals surface area contributed by atoms with Gasteiger partial charge in [-0.15, -0.1) is 0 Å². The molecule has 0 spiro atoms. The molecule has 2 heterocycles. The molecule has 0 bridgehead atoms. The highest BCUT2D eigenvalue weighted by atomic mass is 35.5. The van der Waals surface area contributed by atoms with Gasteiger partial charge in [0, 0.05) is 18.4 Å². The van der Waals surface area contributed by atoms with Gasteiger partial charge in [0.2, 0.25) is 0 Å². The SMILES string of the molecule is CC1(C(=O)O)CCC(n2ncc(C(=O)N(CC(=O)c3c(Cl)cncc3Cl)[C@@H]3CCC3(C)C)c2C(F)(F)F)CC1. The molecule has 1 amide bonds. The minimum absolute atomic E-state index is 0.0257. The predicted molar refractivity (Wildman–Crippen MR) is 137 cm³/mol. The van der Waals surface area contributed by atoms with Crippen molar-refractivity contribution in [1.82, 2.24) is 19.7 Å². The predicted octanol–water partition coefficient (Wildman–Crippen LogP) is 6.32. The van der Waals surface area contributed by atoms with Gasteiger partial charge in [-0.2, -0.15) is 18.3 Å². The third-order valence-corrected chi connectivity index (χ3v) is 8.84. The van der Waals surface area contributed by atoms with Crippen LogP contribution in [-0.4, -0.2) is 55.0 Å². The van der Waals surface area contributed by atoms with Gasteiger partial charge in [-0.25, -0.2) is 0 Å². The van der Waals surface area contributed by atoms with Crippen LogP contribution in [-0.2, 0) is 11.0 Å². The van der Waals surface area contributed by atoms with Gasteiger partial charge >= 0.3 is 12.1 Å². The minimum Gasteiger partial charge on any atom is -0.481 e. The number of aliphatic carboxylic acids is 1. The first-order valence-electron chi connectivity index (χ1n) is 12.6. The van der Waals surface area contributed by atoms with E-state index in [-0.39, 0.29) is 41.3 Å². The lowest BCUT2D eigenvalue weighted by Gasteiger charge is -2.50. The fourth-order valence-corrected chi connectivity index (χ4v) is 6.17. The Labute approximate surface area is 233 Å². The Balaban J connectivity index is 1.70. The summed E-state index contributed by atoms with van der Waals surface area (Å²) in [5, 5.41) is 13.4. The van der Waals surface area contributed by atoms with Crippen LogP contribution in [0.2, 0.25) is 10.0 Å². The van der Waals surface area contributed by atoms with E-state index >= 15 is 0 Å². The number of rotatable bonds is 7. The molecule has 2 aromatic heterocycles. The lowest BCUT2D eigenvalue weighted by atomic mass is 9.66. The van der Waals surface area contributed by atoms with Gasteiger partial charge in [0.15, 0.2) is 11.5 Å². The highest BCUT2D eigenvalue weighted by Gasteiger charge is 2.49. The molecule has 0 aliphatic heterocycles. The number of carboxylic acid groups (broad SMARTS) is 1. The number of aromatic nitrogens is 3. The molecule has 2 fully saturated rings. The molecule has 1 atom stereocenters. The molecule has 2 aliphatic rings. The summed E-state index contributed by atoms with van der Waals surface area (Å²) in [6.45, 7) is 4.81. The van der Waals surface area contributed by atoms with Crippen LogP contribution in [0.3, 0.4) is 0 Å². The fraction of sp³-hybridized carbons (Fsp3) is 0.577. The van der Waals surface area contributed by atoms with Crippen molar-refractivity contribution in [3.05, 3.63) is 45.5 Å². The van der Waals surface area contributed by atoms with Crippen molar-refractivity contribution in [3.8, 4) is 0 Å². The number of carboxylic acids is 1. The summed E-state index contributed by atoms with van der Waals surface area (Å²) in [7, 11) is 0. The van der Waals surface area contributed by atoms with Gasteiger partial charge < -0.3 is 10.0 Å². The second-order valence-corrected chi connectivity index (χ2v) is 12.1. The molecular weight excluding hydrogens is 560 g/mol. The fourth-order valence-electron chi connectivity index (χ4n) is 5.59. The number of alkyl halides is 3. The molecule has 39 heavy (non-hydrogen) atoms. The van der Waals surface area contributed by atoms with Crippen LogP contribution in [0.4, 0.5) is 13.2 Å². The van der Waals surface area contributed by atoms with E-state index < -0.39 is 64.6 Å². The lowest BCUT2D eigenvalue weighted by Crippen LogP contribution is -2.56. The molecule has 1 N–H and O–H groups in total. The summed E-state index contributed by atoms with van der Waals surface area (Å²) in [4.78, 5) is 43.7. The van der Waals surface area contributed by atoms with Gasteiger partial charge in [0.05, 0.1) is 45.4 Å². The first kappa shape index (κ1) is 29.3. The average Bonchev–Trinajstić information content (AvgIpc) is 3.29. The summed E-state index contributed by atoms with van der Waals surface area (Å²) < 4.78 is 44.2. The van der Waals surface area contributed by atoms with Gasteiger partial charge in [0.1, 0.15) is 0 Å². The van der Waals surface area contributed by atoms with Crippen molar-refractivity contribution in [2.75, 3.05) is 6.54 Å². The zero-order valence-corrected chi connectivity index (χ0v) is 23.2. The Kier molecular flexibility index (Phi) is 7.81. The number of halogens is 5. The number of amides is 1. The van der Waals surface area contributed by atoms with Crippen LogP contribution in [0.25, 0.3) is 0 Å². The van der Waals surface area contributed by atoms with Crippen LogP contribution in [0.15, 0.2) is 18.6 Å². The number of ketones is 1. The third kappa shape index (κ3) is 5.52. The molecule has 212 valence electrons. The summed E-state index contributed by atoms with van der Waals surface area (Å²) >= 11 is 12.3. The van der Waals surface area contributed by atoms with Crippen LogP contribution < -0.4 is 0 Å². The Bertz CT molecular complexity index is 1280. The van der Waals surface area contributed by atoms with Crippen molar-refractivity contribution >= 4 is 40.9 Å². The van der Waals surface area contributed by atoms with E-state index in [1.54, 1.807) is 6.92 Å². The zero-order chi connectivity index (χ0) is 28.9. The van der Waals surface area contributed by atoms with E-state index in [9.17, 15) is 32.7 Å². The monoisotopic (exact) mass is 588 g/mol. The Morgan fingerprint density at radius 1 is 1.05 bits per heavy atom. The second-order valence-electron chi connectivity index (χ2n) is 11.3. The Morgan fingerprint density at radius 2 is 1.64 bits per heavy atom. The number of hydrogen-bond acceptors (Lipinski definition) is 5. The van der Waals surface area contributed by atoms with Gasteiger partial charge in [0.25, 0.3) is 5.91 Å². The highest BCUT2D eigenvalue weighted by Crippen LogP contribution is 2.46. The summed E-state index contributed by atoms with van der Waals surface area (Å²) in [5.41, 5.74) is -3.37. The van der Waals surface area contributed by atoms with Crippen molar-refractivity contribution in [3.63, 3.8) is 0 Å². The first-order valence-corrected chi connectivity index (χ1v) is 13.3. The molecule has 2 aromatic rings. The van der Waals surface area contributed by atoms with Crippen molar-refractivity contribution in [2.24, 2.45) is 10.8 Å². The van der Waals surface area contributed by atoms with E-state index in [0.717, 1.165) is 22.2 Å². The van der Waals surface area contributed by atoms with E-state index in [2.05, 4.69) is 10.1 Å². The maximum absolute atomic E-state index is 14.4. The summed E-state index contributed by atoms with van der Waals surface area (Å²) in [6.07, 6.45) is 0.351. The summed E-state index contributed by atoms with van der Waals surface area (Å²) in [5.74, 6) is -2.58. The maximum atomic E-state index is 14.4. The largest absolute Gasteiger partial charge is 0.481 e. The van der Waals surface area contributed by atoms with Crippen LogP contribution in [0.5, 0.6) is 0 Å². The minimum atomic E-state index is -4.92. The van der Waals surface area contributed by atoms with Crippen molar-refractivity contribution in [2.45, 2.75) is 77.6 Å². The molecule has 0 aromatic carbocycles. The molecule has 4 rings (SSSR count). The topological polar surface area (TPSA) is 105 Å². The maximum Gasteiger partial charge on any atom is 0.433 e. The number of hydrogen-bond donors (Lipinski definition) is 1. The number of carbonyl (C=O) groups is 3.